The smallest absolute Gasteiger partial charge is 0.260 e. The number of carbonyl (C=O) groups is 1. The van der Waals surface area contributed by atoms with Crippen molar-refractivity contribution < 1.29 is 9.53 Å². The van der Waals surface area contributed by atoms with Gasteiger partial charge in [-0.15, -0.1) is 0 Å². The summed E-state index contributed by atoms with van der Waals surface area (Å²) in [6.07, 6.45) is 0. The van der Waals surface area contributed by atoms with Gasteiger partial charge in [-0.3, -0.25) is 14.6 Å². The van der Waals surface area contributed by atoms with Gasteiger partial charge in [0.15, 0.2) is 5.13 Å². The fourth-order valence-corrected chi connectivity index (χ4v) is 5.10. The molecule has 158 valence electrons. The molecule has 0 saturated carbocycles. The maximum atomic E-state index is 13.6. The van der Waals surface area contributed by atoms with Crippen LogP contribution in [0.4, 0.5) is 5.13 Å². The summed E-state index contributed by atoms with van der Waals surface area (Å²) in [5, 5.41) is 3.54. The number of thiazole rings is 1. The molecule has 2 heterocycles. The lowest BCUT2D eigenvalue weighted by molar-refractivity contribution is 0.0391. The SMILES string of the molecule is O=C(c1ccc2ccccc2c1)N(CCN1CCOCC1)c1nc2ccc(Cl)cc2s1. The molecule has 31 heavy (non-hydrogen) atoms. The Balaban J connectivity index is 1.48. The highest BCUT2D eigenvalue weighted by Gasteiger charge is 2.23. The molecule has 3 aromatic carbocycles. The summed E-state index contributed by atoms with van der Waals surface area (Å²) in [5.74, 6) is -0.0378. The van der Waals surface area contributed by atoms with E-state index in [1.807, 2.05) is 54.6 Å². The van der Waals surface area contributed by atoms with Gasteiger partial charge >= 0.3 is 0 Å². The highest BCUT2D eigenvalue weighted by molar-refractivity contribution is 7.22. The predicted molar refractivity (Wildman–Crippen MR) is 128 cm³/mol. The van der Waals surface area contributed by atoms with E-state index in [-0.39, 0.29) is 5.91 Å². The van der Waals surface area contributed by atoms with Crippen LogP contribution in [-0.2, 0) is 4.74 Å². The number of hydrogen-bond acceptors (Lipinski definition) is 5. The molecule has 0 atom stereocenters. The zero-order valence-corrected chi connectivity index (χ0v) is 18.5. The number of rotatable bonds is 5. The van der Waals surface area contributed by atoms with Crippen molar-refractivity contribution in [3.05, 3.63) is 71.2 Å². The Kier molecular flexibility index (Phi) is 5.87. The van der Waals surface area contributed by atoms with Crippen LogP contribution in [0.25, 0.3) is 21.0 Å². The van der Waals surface area contributed by atoms with Crippen LogP contribution >= 0.6 is 22.9 Å². The number of morpholine rings is 1. The van der Waals surface area contributed by atoms with Crippen molar-refractivity contribution in [1.29, 1.82) is 0 Å². The van der Waals surface area contributed by atoms with E-state index < -0.39 is 0 Å². The molecule has 1 amide bonds. The van der Waals surface area contributed by atoms with Crippen LogP contribution in [0.1, 0.15) is 10.4 Å². The Bertz CT molecular complexity index is 1240. The van der Waals surface area contributed by atoms with Crippen LogP contribution in [0.15, 0.2) is 60.7 Å². The van der Waals surface area contributed by atoms with Crippen molar-refractivity contribution in [2.24, 2.45) is 0 Å². The fourth-order valence-electron chi connectivity index (χ4n) is 3.83. The van der Waals surface area contributed by atoms with Gasteiger partial charge in [0, 0.05) is 36.8 Å². The minimum absolute atomic E-state index is 0.0378. The van der Waals surface area contributed by atoms with Gasteiger partial charge < -0.3 is 4.74 Å². The van der Waals surface area contributed by atoms with Gasteiger partial charge in [-0.05, 0) is 41.1 Å². The van der Waals surface area contributed by atoms with Crippen LogP contribution in [0, 0.1) is 0 Å². The van der Waals surface area contributed by atoms with Gasteiger partial charge in [0.05, 0.1) is 23.4 Å². The Hall–Kier alpha value is -2.51. The molecule has 0 radical (unpaired) electrons. The molecule has 1 aliphatic heterocycles. The van der Waals surface area contributed by atoms with Gasteiger partial charge in [0.25, 0.3) is 5.91 Å². The van der Waals surface area contributed by atoms with E-state index in [4.69, 9.17) is 21.3 Å². The Morgan fingerprint density at radius 3 is 2.71 bits per heavy atom. The average Bonchev–Trinajstić information content (AvgIpc) is 3.22. The third-order valence-corrected chi connectivity index (χ3v) is 6.83. The lowest BCUT2D eigenvalue weighted by atomic mass is 10.1. The highest BCUT2D eigenvalue weighted by atomic mass is 35.5. The van der Waals surface area contributed by atoms with Crippen molar-refractivity contribution in [2.45, 2.75) is 0 Å². The molecule has 5 rings (SSSR count). The van der Waals surface area contributed by atoms with E-state index in [0.29, 0.717) is 22.3 Å². The van der Waals surface area contributed by atoms with Crippen molar-refractivity contribution in [2.75, 3.05) is 44.3 Å². The first-order valence-corrected chi connectivity index (χ1v) is 11.5. The van der Waals surface area contributed by atoms with Crippen molar-refractivity contribution in [3.63, 3.8) is 0 Å². The lowest BCUT2D eigenvalue weighted by Crippen LogP contribution is -2.43. The van der Waals surface area contributed by atoms with E-state index >= 15 is 0 Å². The van der Waals surface area contributed by atoms with E-state index in [0.717, 1.165) is 53.8 Å². The monoisotopic (exact) mass is 451 g/mol. The van der Waals surface area contributed by atoms with Crippen LogP contribution in [0.2, 0.25) is 5.02 Å². The number of nitrogens with zero attached hydrogens (tertiary/aromatic N) is 3. The molecule has 5 nitrogen and oxygen atoms in total. The first-order chi connectivity index (χ1) is 15.2. The van der Waals surface area contributed by atoms with Crippen LogP contribution < -0.4 is 4.90 Å². The van der Waals surface area contributed by atoms with Gasteiger partial charge in [-0.25, -0.2) is 4.98 Å². The Labute approximate surface area is 189 Å². The molecular weight excluding hydrogens is 430 g/mol. The number of benzene rings is 3. The van der Waals surface area contributed by atoms with Crippen molar-refractivity contribution in [1.82, 2.24) is 9.88 Å². The number of halogens is 1. The first-order valence-electron chi connectivity index (χ1n) is 10.3. The van der Waals surface area contributed by atoms with Gasteiger partial charge in [-0.2, -0.15) is 0 Å². The summed E-state index contributed by atoms with van der Waals surface area (Å²) >= 11 is 7.66. The van der Waals surface area contributed by atoms with Crippen LogP contribution in [-0.4, -0.2) is 55.2 Å². The van der Waals surface area contributed by atoms with E-state index in [2.05, 4.69) is 11.0 Å². The van der Waals surface area contributed by atoms with Gasteiger partial charge in [-0.1, -0.05) is 53.3 Å². The summed E-state index contributed by atoms with van der Waals surface area (Å²) in [6.45, 7) is 4.58. The Morgan fingerprint density at radius 1 is 1.06 bits per heavy atom. The normalized spacial score (nSPS) is 14.9. The molecule has 0 unspecified atom stereocenters. The third-order valence-electron chi connectivity index (χ3n) is 5.56. The predicted octanol–water partition coefficient (Wildman–Crippen LogP) is 5.08. The number of hydrogen-bond donors (Lipinski definition) is 0. The van der Waals surface area contributed by atoms with E-state index in [1.54, 1.807) is 4.90 Å². The summed E-state index contributed by atoms with van der Waals surface area (Å²) in [5.41, 5.74) is 1.52. The quantitative estimate of drug-likeness (QED) is 0.424. The molecule has 0 N–H and O–H groups in total. The molecule has 1 saturated heterocycles. The van der Waals surface area contributed by atoms with Crippen LogP contribution in [0.3, 0.4) is 0 Å². The minimum Gasteiger partial charge on any atom is -0.379 e. The number of amides is 1. The molecule has 1 fully saturated rings. The minimum atomic E-state index is -0.0378. The Morgan fingerprint density at radius 2 is 1.87 bits per heavy atom. The van der Waals surface area contributed by atoms with Crippen LogP contribution in [0.5, 0.6) is 0 Å². The van der Waals surface area contributed by atoms with Crippen molar-refractivity contribution >= 4 is 55.0 Å². The summed E-state index contributed by atoms with van der Waals surface area (Å²) in [7, 11) is 0. The zero-order valence-electron chi connectivity index (χ0n) is 17.0. The number of ether oxygens (including phenoxy) is 1. The summed E-state index contributed by atoms with van der Waals surface area (Å²) in [4.78, 5) is 22.5. The fraction of sp³-hybridized carbons (Fsp3) is 0.250. The second-order valence-corrected chi connectivity index (χ2v) is 9.03. The second-order valence-electron chi connectivity index (χ2n) is 7.58. The summed E-state index contributed by atoms with van der Waals surface area (Å²) < 4.78 is 6.43. The number of fused-ring (bicyclic) bond motifs is 2. The molecule has 0 bridgehead atoms. The maximum Gasteiger partial charge on any atom is 0.260 e. The zero-order chi connectivity index (χ0) is 21.2. The first kappa shape index (κ1) is 20.4. The van der Waals surface area contributed by atoms with E-state index in [9.17, 15) is 4.79 Å². The maximum absolute atomic E-state index is 13.6. The molecule has 0 aliphatic carbocycles. The second kappa shape index (κ2) is 8.93. The van der Waals surface area contributed by atoms with E-state index in [1.165, 1.54) is 11.3 Å². The topological polar surface area (TPSA) is 45.7 Å². The molecule has 1 aliphatic rings. The number of anilines is 1. The standard InChI is InChI=1S/C24H22ClN3O2S/c25-20-7-8-21-22(16-20)31-24(26-21)28(10-9-27-11-13-30-14-12-27)23(29)19-6-5-17-3-1-2-4-18(17)15-19/h1-8,15-16H,9-14H2. The third kappa shape index (κ3) is 4.43. The lowest BCUT2D eigenvalue weighted by Gasteiger charge is -2.29. The molecule has 1 aromatic heterocycles. The van der Waals surface area contributed by atoms with Gasteiger partial charge in [0.2, 0.25) is 0 Å². The largest absolute Gasteiger partial charge is 0.379 e. The number of aromatic nitrogens is 1. The average molecular weight is 452 g/mol. The van der Waals surface area contributed by atoms with Gasteiger partial charge in [0.1, 0.15) is 0 Å². The summed E-state index contributed by atoms with van der Waals surface area (Å²) in [6, 6.07) is 19.6. The number of carbonyl (C=O) groups excluding carboxylic acids is 1. The van der Waals surface area contributed by atoms with Crippen molar-refractivity contribution in [3.8, 4) is 0 Å². The molecule has 4 aromatic rings. The molecule has 7 heteroatoms. The highest BCUT2D eigenvalue weighted by Crippen LogP contribution is 2.32. The molecule has 0 spiro atoms. The molecular formula is C24H22ClN3O2S.